The van der Waals surface area contributed by atoms with Crippen LogP contribution in [0.1, 0.15) is 35.1 Å². The number of rotatable bonds is 4. The number of fused-ring (bicyclic) bond motifs is 1. The Morgan fingerprint density at radius 1 is 1.35 bits per heavy atom. The topological polar surface area (TPSA) is 105 Å². The van der Waals surface area contributed by atoms with E-state index in [2.05, 4.69) is 10.4 Å². The average Bonchev–Trinajstić information content (AvgIpc) is 3.16. The zero-order valence-electron chi connectivity index (χ0n) is 15.0. The molecule has 0 saturated carbocycles. The summed E-state index contributed by atoms with van der Waals surface area (Å²) >= 11 is 1.34. The minimum atomic E-state index is -0.812. The van der Waals surface area contributed by atoms with Crippen LogP contribution in [0.15, 0.2) is 6.07 Å². The van der Waals surface area contributed by atoms with E-state index in [1.165, 1.54) is 11.3 Å². The van der Waals surface area contributed by atoms with E-state index in [4.69, 9.17) is 5.11 Å². The first kappa shape index (κ1) is 18.4. The second kappa shape index (κ2) is 7.06. The molecule has 2 amide bonds. The number of amides is 2. The van der Waals surface area contributed by atoms with Crippen LogP contribution in [0.3, 0.4) is 0 Å². The number of thiophene rings is 1. The summed E-state index contributed by atoms with van der Waals surface area (Å²) in [5.41, 5.74) is 0.864. The second-order valence-electron chi connectivity index (χ2n) is 6.67. The van der Waals surface area contributed by atoms with Crippen molar-refractivity contribution < 1.29 is 19.5 Å². The van der Waals surface area contributed by atoms with E-state index in [0.29, 0.717) is 30.8 Å². The van der Waals surface area contributed by atoms with E-state index in [-0.39, 0.29) is 17.7 Å². The lowest BCUT2D eigenvalue weighted by atomic mass is 9.97. The van der Waals surface area contributed by atoms with Gasteiger partial charge in [0.2, 0.25) is 5.91 Å². The van der Waals surface area contributed by atoms with Gasteiger partial charge in [0.25, 0.3) is 5.91 Å². The van der Waals surface area contributed by atoms with Gasteiger partial charge < -0.3 is 15.3 Å². The zero-order valence-corrected chi connectivity index (χ0v) is 15.8. The fraction of sp³-hybridized carbons (Fsp3) is 0.529. The minimum Gasteiger partial charge on any atom is -0.481 e. The number of aliphatic carboxylic acids is 1. The number of nitrogens with one attached hydrogen (secondary N) is 1. The molecule has 26 heavy (non-hydrogen) atoms. The first-order valence-corrected chi connectivity index (χ1v) is 9.35. The number of carbonyl (C=O) groups excluding carboxylic acids is 2. The third kappa shape index (κ3) is 3.44. The number of hydrogen-bond donors (Lipinski definition) is 2. The maximum absolute atomic E-state index is 12.5. The van der Waals surface area contributed by atoms with Gasteiger partial charge in [-0.2, -0.15) is 5.10 Å². The van der Waals surface area contributed by atoms with E-state index >= 15 is 0 Å². The van der Waals surface area contributed by atoms with E-state index in [1.54, 1.807) is 22.6 Å². The lowest BCUT2D eigenvalue weighted by Gasteiger charge is -2.32. The highest BCUT2D eigenvalue weighted by Crippen LogP contribution is 2.27. The number of piperidine rings is 1. The van der Waals surface area contributed by atoms with Gasteiger partial charge in [0.1, 0.15) is 10.9 Å². The van der Waals surface area contributed by atoms with Crippen LogP contribution < -0.4 is 5.32 Å². The predicted molar refractivity (Wildman–Crippen MR) is 97.2 cm³/mol. The second-order valence-corrected chi connectivity index (χ2v) is 7.70. The van der Waals surface area contributed by atoms with E-state index in [9.17, 15) is 14.4 Å². The van der Waals surface area contributed by atoms with Crippen LogP contribution in [-0.2, 0) is 16.6 Å². The predicted octanol–water partition coefficient (Wildman–Crippen LogP) is 1.38. The molecule has 1 aliphatic rings. The number of likely N-dealkylation sites (tertiary alicyclic amines) is 1. The maximum Gasteiger partial charge on any atom is 0.306 e. The van der Waals surface area contributed by atoms with Crippen molar-refractivity contribution in [1.82, 2.24) is 20.0 Å². The summed E-state index contributed by atoms with van der Waals surface area (Å²) in [4.78, 5) is 39.1. The Kier molecular flexibility index (Phi) is 4.99. The zero-order chi connectivity index (χ0) is 19.0. The molecule has 9 heteroatoms. The molecule has 0 radical (unpaired) electrons. The fourth-order valence-electron chi connectivity index (χ4n) is 3.27. The average molecular weight is 378 g/mol. The molecule has 2 aromatic heterocycles. The normalized spacial score (nSPS) is 16.7. The Morgan fingerprint density at radius 2 is 2.00 bits per heavy atom. The minimum absolute atomic E-state index is 0.179. The third-order valence-corrected chi connectivity index (χ3v) is 5.99. The maximum atomic E-state index is 12.5. The molecule has 0 aliphatic carbocycles. The van der Waals surface area contributed by atoms with Crippen molar-refractivity contribution >= 4 is 39.3 Å². The summed E-state index contributed by atoms with van der Waals surface area (Å²) in [6.45, 7) is 4.36. The number of aromatic nitrogens is 2. The fourth-order valence-corrected chi connectivity index (χ4v) is 4.29. The van der Waals surface area contributed by atoms with Crippen molar-refractivity contribution in [1.29, 1.82) is 0 Å². The van der Waals surface area contributed by atoms with Crippen LogP contribution in [0.2, 0.25) is 0 Å². The Bertz CT molecular complexity index is 829. The number of nitrogens with zero attached hydrogens (tertiary/aromatic N) is 3. The quantitative estimate of drug-likeness (QED) is 0.836. The first-order chi connectivity index (χ1) is 12.3. The molecule has 1 atom stereocenters. The lowest BCUT2D eigenvalue weighted by molar-refractivity contribution is -0.146. The number of carboxylic acid groups (broad SMARTS) is 1. The molecule has 1 fully saturated rings. The van der Waals surface area contributed by atoms with E-state index in [0.717, 1.165) is 15.9 Å². The molecule has 3 heterocycles. The molecule has 0 spiro atoms. The van der Waals surface area contributed by atoms with Gasteiger partial charge in [-0.3, -0.25) is 19.1 Å². The van der Waals surface area contributed by atoms with Crippen molar-refractivity contribution in [3.63, 3.8) is 0 Å². The van der Waals surface area contributed by atoms with Gasteiger partial charge in [0.05, 0.1) is 16.5 Å². The molecule has 1 saturated heterocycles. The van der Waals surface area contributed by atoms with Crippen LogP contribution in [0.25, 0.3) is 10.2 Å². The Labute approximate surface area is 154 Å². The smallest absolute Gasteiger partial charge is 0.306 e. The highest BCUT2D eigenvalue weighted by Gasteiger charge is 2.30. The summed E-state index contributed by atoms with van der Waals surface area (Å²) in [7, 11) is 1.83. The van der Waals surface area contributed by atoms with Crippen LogP contribution in [0.5, 0.6) is 0 Å². The first-order valence-electron chi connectivity index (χ1n) is 8.53. The van der Waals surface area contributed by atoms with Crippen molar-refractivity contribution in [2.75, 3.05) is 13.1 Å². The van der Waals surface area contributed by atoms with Gasteiger partial charge in [0.15, 0.2) is 0 Å². The molecule has 2 N–H and O–H groups in total. The van der Waals surface area contributed by atoms with Crippen molar-refractivity contribution in [2.24, 2.45) is 13.0 Å². The highest BCUT2D eigenvalue weighted by molar-refractivity contribution is 7.20. The molecular weight excluding hydrogens is 356 g/mol. The SMILES string of the molecule is Cc1nn(C)c2sc(C(=O)NC(C)C(=O)N3CCC(C(=O)O)CC3)cc12. The Morgan fingerprint density at radius 3 is 2.58 bits per heavy atom. The number of carbonyl (C=O) groups is 3. The molecule has 2 aromatic rings. The van der Waals surface area contributed by atoms with E-state index < -0.39 is 12.0 Å². The summed E-state index contributed by atoms with van der Waals surface area (Å²) in [5, 5.41) is 17.0. The highest BCUT2D eigenvalue weighted by atomic mass is 32.1. The number of carboxylic acids is 1. The molecule has 8 nitrogen and oxygen atoms in total. The van der Waals surface area contributed by atoms with E-state index in [1.807, 2.05) is 14.0 Å². The molecule has 0 aromatic carbocycles. The molecule has 0 bridgehead atoms. The van der Waals surface area contributed by atoms with Crippen molar-refractivity contribution in [2.45, 2.75) is 32.7 Å². The van der Waals surface area contributed by atoms with Crippen LogP contribution in [0, 0.1) is 12.8 Å². The van der Waals surface area contributed by atoms with Crippen molar-refractivity contribution in [3.8, 4) is 0 Å². The molecule has 1 unspecified atom stereocenters. The lowest BCUT2D eigenvalue weighted by Crippen LogP contribution is -2.49. The standard InChI is InChI=1S/C17H22N4O4S/c1-9-12-8-13(26-16(12)20(3)19-9)14(22)18-10(2)15(23)21-6-4-11(5-7-21)17(24)25/h8,10-11H,4-7H2,1-3H3,(H,18,22)(H,24,25). The third-order valence-electron chi connectivity index (χ3n) is 4.79. The molecule has 3 rings (SSSR count). The van der Waals surface area contributed by atoms with Gasteiger partial charge in [-0.05, 0) is 32.8 Å². The van der Waals surface area contributed by atoms with Gasteiger partial charge in [-0.25, -0.2) is 0 Å². The van der Waals surface area contributed by atoms with Gasteiger partial charge in [0, 0.05) is 25.5 Å². The molecule has 140 valence electrons. The molecular formula is C17H22N4O4S. The van der Waals surface area contributed by atoms with Gasteiger partial charge in [-0.1, -0.05) is 0 Å². The monoisotopic (exact) mass is 378 g/mol. The Balaban J connectivity index is 1.62. The van der Waals surface area contributed by atoms with Gasteiger partial charge in [-0.15, -0.1) is 11.3 Å². The number of aryl methyl sites for hydroxylation is 2. The van der Waals surface area contributed by atoms with Crippen LogP contribution in [0.4, 0.5) is 0 Å². The summed E-state index contributed by atoms with van der Waals surface area (Å²) in [6, 6.07) is 1.14. The van der Waals surface area contributed by atoms with Crippen LogP contribution in [-0.4, -0.2) is 56.7 Å². The summed E-state index contributed by atoms with van der Waals surface area (Å²) in [5.74, 6) is -1.67. The molecule has 1 aliphatic heterocycles. The van der Waals surface area contributed by atoms with Crippen LogP contribution >= 0.6 is 11.3 Å². The Hall–Kier alpha value is -2.42. The van der Waals surface area contributed by atoms with Gasteiger partial charge >= 0.3 is 5.97 Å². The largest absolute Gasteiger partial charge is 0.481 e. The van der Waals surface area contributed by atoms with Crippen molar-refractivity contribution in [3.05, 3.63) is 16.6 Å². The summed E-state index contributed by atoms with van der Waals surface area (Å²) < 4.78 is 1.74. The number of hydrogen-bond acceptors (Lipinski definition) is 5. The summed E-state index contributed by atoms with van der Waals surface area (Å²) in [6.07, 6.45) is 0.897.